The van der Waals surface area contributed by atoms with Crippen molar-refractivity contribution in [2.45, 2.75) is 19.4 Å². The van der Waals surface area contributed by atoms with Crippen molar-refractivity contribution in [2.24, 2.45) is 5.92 Å². The van der Waals surface area contributed by atoms with Crippen LogP contribution < -0.4 is 0 Å². The predicted octanol–water partition coefficient (Wildman–Crippen LogP) is 1.03. The minimum atomic E-state index is -0.919. The monoisotopic (exact) mass is 265 g/mol. The first-order valence-electron chi connectivity index (χ1n) is 5.97. The van der Waals surface area contributed by atoms with Crippen LogP contribution in [0.25, 0.3) is 0 Å². The van der Waals surface area contributed by atoms with Crippen LogP contribution in [0, 0.1) is 5.92 Å². The Hall–Kier alpha value is -2.24. The standard InChI is InChI=1S/C13H15NO5/c1-7-9(13(18)19)4-5-14(7)12(17)10-3-2-8(15)6-11(10)16/h2-3,6-7,9,15-16H,4-5H2,1H3,(H,18,19). The molecule has 1 saturated heterocycles. The molecule has 1 aliphatic rings. The van der Waals surface area contributed by atoms with Gasteiger partial charge in [-0.1, -0.05) is 0 Å². The number of phenolic OH excluding ortho intramolecular Hbond substituents is 2. The molecule has 102 valence electrons. The number of carboxylic acid groups (broad SMARTS) is 1. The lowest BCUT2D eigenvalue weighted by molar-refractivity contribution is -0.142. The van der Waals surface area contributed by atoms with Crippen molar-refractivity contribution >= 4 is 11.9 Å². The molecule has 2 unspecified atom stereocenters. The van der Waals surface area contributed by atoms with Crippen molar-refractivity contribution in [1.29, 1.82) is 0 Å². The molecule has 1 aromatic carbocycles. The van der Waals surface area contributed by atoms with Gasteiger partial charge in [-0.25, -0.2) is 0 Å². The van der Waals surface area contributed by atoms with Gasteiger partial charge < -0.3 is 20.2 Å². The average molecular weight is 265 g/mol. The van der Waals surface area contributed by atoms with E-state index in [4.69, 9.17) is 5.11 Å². The maximum absolute atomic E-state index is 12.2. The molecule has 6 nitrogen and oxygen atoms in total. The number of nitrogens with zero attached hydrogens (tertiary/aromatic N) is 1. The summed E-state index contributed by atoms with van der Waals surface area (Å²) in [6.07, 6.45) is 0.404. The zero-order valence-corrected chi connectivity index (χ0v) is 10.4. The molecular formula is C13H15NO5. The van der Waals surface area contributed by atoms with E-state index in [1.165, 1.54) is 17.0 Å². The van der Waals surface area contributed by atoms with Gasteiger partial charge in [0.2, 0.25) is 0 Å². The van der Waals surface area contributed by atoms with E-state index in [1.807, 2.05) is 0 Å². The highest BCUT2D eigenvalue weighted by Crippen LogP contribution is 2.29. The lowest BCUT2D eigenvalue weighted by atomic mass is 10.0. The van der Waals surface area contributed by atoms with E-state index < -0.39 is 23.8 Å². The minimum Gasteiger partial charge on any atom is -0.508 e. The highest BCUT2D eigenvalue weighted by molar-refractivity contribution is 5.97. The lowest BCUT2D eigenvalue weighted by Crippen LogP contribution is -2.37. The molecule has 0 bridgehead atoms. The van der Waals surface area contributed by atoms with E-state index in [0.29, 0.717) is 13.0 Å². The van der Waals surface area contributed by atoms with Crippen LogP contribution in [0.5, 0.6) is 11.5 Å². The second-order valence-electron chi connectivity index (χ2n) is 4.67. The van der Waals surface area contributed by atoms with Gasteiger partial charge in [-0.3, -0.25) is 9.59 Å². The van der Waals surface area contributed by atoms with E-state index in [9.17, 15) is 19.8 Å². The third-order valence-electron chi connectivity index (χ3n) is 3.54. The van der Waals surface area contributed by atoms with Gasteiger partial charge in [0.15, 0.2) is 0 Å². The van der Waals surface area contributed by atoms with Gasteiger partial charge in [0, 0.05) is 18.7 Å². The van der Waals surface area contributed by atoms with Crippen molar-refractivity contribution < 1.29 is 24.9 Å². The molecule has 3 N–H and O–H groups in total. The first-order chi connectivity index (χ1) is 8.91. The fourth-order valence-corrected chi connectivity index (χ4v) is 2.41. The van der Waals surface area contributed by atoms with Gasteiger partial charge in [-0.2, -0.15) is 0 Å². The van der Waals surface area contributed by atoms with Crippen LogP contribution in [0.3, 0.4) is 0 Å². The SMILES string of the molecule is CC1C(C(=O)O)CCN1C(=O)c1ccc(O)cc1O. The fraction of sp³-hybridized carbons (Fsp3) is 0.385. The quantitative estimate of drug-likeness (QED) is 0.742. The summed E-state index contributed by atoms with van der Waals surface area (Å²) < 4.78 is 0. The number of hydrogen-bond acceptors (Lipinski definition) is 4. The molecular weight excluding hydrogens is 250 g/mol. The minimum absolute atomic E-state index is 0.0655. The molecule has 0 aliphatic carbocycles. The zero-order valence-electron chi connectivity index (χ0n) is 10.4. The number of aliphatic carboxylic acids is 1. The Kier molecular flexibility index (Phi) is 3.33. The summed E-state index contributed by atoms with van der Waals surface area (Å²) in [5.41, 5.74) is 0.0655. The number of likely N-dealkylation sites (tertiary alicyclic amines) is 1. The van der Waals surface area contributed by atoms with E-state index >= 15 is 0 Å². The van der Waals surface area contributed by atoms with E-state index in [-0.39, 0.29) is 17.1 Å². The number of carbonyl (C=O) groups is 2. The molecule has 0 spiro atoms. The Morgan fingerprint density at radius 3 is 2.53 bits per heavy atom. The topological polar surface area (TPSA) is 98.1 Å². The molecule has 0 radical (unpaired) electrons. The maximum atomic E-state index is 12.2. The summed E-state index contributed by atoms with van der Waals surface area (Å²) in [5, 5.41) is 27.9. The first kappa shape index (κ1) is 13.2. The van der Waals surface area contributed by atoms with E-state index in [1.54, 1.807) is 6.92 Å². The molecule has 0 aromatic heterocycles. The van der Waals surface area contributed by atoms with Crippen LogP contribution in [-0.2, 0) is 4.79 Å². The number of aromatic hydroxyl groups is 2. The van der Waals surface area contributed by atoms with Gasteiger partial charge >= 0.3 is 5.97 Å². The number of benzene rings is 1. The summed E-state index contributed by atoms with van der Waals surface area (Å²) in [4.78, 5) is 24.7. The normalized spacial score (nSPS) is 22.5. The Bertz CT molecular complexity index is 528. The second kappa shape index (κ2) is 4.79. The highest BCUT2D eigenvalue weighted by atomic mass is 16.4. The smallest absolute Gasteiger partial charge is 0.308 e. The number of carbonyl (C=O) groups excluding carboxylic acids is 1. The van der Waals surface area contributed by atoms with Crippen molar-refractivity contribution in [2.75, 3.05) is 6.54 Å². The van der Waals surface area contributed by atoms with Crippen LogP contribution in [0.15, 0.2) is 18.2 Å². The Morgan fingerprint density at radius 2 is 2.00 bits per heavy atom. The highest BCUT2D eigenvalue weighted by Gasteiger charge is 2.38. The number of amides is 1. The molecule has 1 aliphatic heterocycles. The van der Waals surface area contributed by atoms with Crippen LogP contribution in [0.2, 0.25) is 0 Å². The van der Waals surface area contributed by atoms with Crippen molar-refractivity contribution in [1.82, 2.24) is 4.90 Å². The average Bonchev–Trinajstić information content (AvgIpc) is 2.70. The van der Waals surface area contributed by atoms with E-state index in [0.717, 1.165) is 6.07 Å². The summed E-state index contributed by atoms with van der Waals surface area (Å²) in [7, 11) is 0. The summed E-state index contributed by atoms with van der Waals surface area (Å²) in [6, 6.07) is 3.30. The number of phenols is 2. The van der Waals surface area contributed by atoms with Crippen molar-refractivity contribution in [3.63, 3.8) is 0 Å². The number of rotatable bonds is 2. The summed E-state index contributed by atoms with van der Waals surface area (Å²) >= 11 is 0. The fourth-order valence-electron chi connectivity index (χ4n) is 2.41. The Labute approximate surface area is 109 Å². The largest absolute Gasteiger partial charge is 0.508 e. The van der Waals surface area contributed by atoms with Crippen LogP contribution in [-0.4, -0.2) is 44.7 Å². The van der Waals surface area contributed by atoms with Crippen molar-refractivity contribution in [3.8, 4) is 11.5 Å². The molecule has 2 atom stereocenters. The van der Waals surface area contributed by atoms with Gasteiger partial charge in [-0.15, -0.1) is 0 Å². The van der Waals surface area contributed by atoms with Crippen LogP contribution in [0.1, 0.15) is 23.7 Å². The molecule has 1 fully saturated rings. The number of carboxylic acids is 1. The Balaban J connectivity index is 2.23. The van der Waals surface area contributed by atoms with Gasteiger partial charge in [0.05, 0.1) is 11.5 Å². The van der Waals surface area contributed by atoms with Gasteiger partial charge in [0.1, 0.15) is 11.5 Å². The van der Waals surface area contributed by atoms with Crippen LogP contribution >= 0.6 is 0 Å². The summed E-state index contributed by atoms with van der Waals surface area (Å²) in [6.45, 7) is 2.03. The van der Waals surface area contributed by atoms with Crippen molar-refractivity contribution in [3.05, 3.63) is 23.8 Å². The Morgan fingerprint density at radius 1 is 1.32 bits per heavy atom. The maximum Gasteiger partial charge on any atom is 0.308 e. The van der Waals surface area contributed by atoms with E-state index in [2.05, 4.69) is 0 Å². The van der Waals surface area contributed by atoms with Crippen LogP contribution in [0.4, 0.5) is 0 Å². The zero-order chi connectivity index (χ0) is 14.2. The molecule has 1 aromatic rings. The molecule has 1 heterocycles. The molecule has 2 rings (SSSR count). The van der Waals surface area contributed by atoms with Gasteiger partial charge in [-0.05, 0) is 25.5 Å². The molecule has 6 heteroatoms. The number of hydrogen-bond donors (Lipinski definition) is 3. The first-order valence-corrected chi connectivity index (χ1v) is 5.97. The summed E-state index contributed by atoms with van der Waals surface area (Å²) in [5.74, 6) is -2.36. The molecule has 19 heavy (non-hydrogen) atoms. The second-order valence-corrected chi connectivity index (χ2v) is 4.67. The predicted molar refractivity (Wildman–Crippen MR) is 66.0 cm³/mol. The third-order valence-corrected chi connectivity index (χ3v) is 3.54. The third kappa shape index (κ3) is 2.33. The molecule has 0 saturated carbocycles. The van der Waals surface area contributed by atoms with Gasteiger partial charge in [0.25, 0.3) is 5.91 Å². The molecule has 1 amide bonds. The lowest BCUT2D eigenvalue weighted by Gasteiger charge is -2.23.